The van der Waals surface area contributed by atoms with Gasteiger partial charge in [-0.3, -0.25) is 4.79 Å². The van der Waals surface area contributed by atoms with Crippen LogP contribution in [-0.4, -0.2) is 19.7 Å². The molecule has 0 aliphatic heterocycles. The number of aromatic amines is 2. The van der Waals surface area contributed by atoms with Gasteiger partial charge in [0.05, 0.1) is 23.3 Å². The largest absolute Gasteiger partial charge is 0.323 e. The quantitative estimate of drug-likeness (QED) is 0.542. The first kappa shape index (κ1) is 16.8. The van der Waals surface area contributed by atoms with Crippen LogP contribution in [0, 0.1) is 17.5 Å². The number of hydrogen-bond donors (Lipinski definition) is 2. The maximum atomic E-state index is 13.5. The summed E-state index contributed by atoms with van der Waals surface area (Å²) in [7, 11) is 0. The van der Waals surface area contributed by atoms with E-state index in [1.54, 1.807) is 18.2 Å². The normalized spacial score (nSPS) is 11.2. The number of hydrogen-bond acceptors (Lipinski definition) is 3. The van der Waals surface area contributed by atoms with E-state index in [-0.39, 0.29) is 23.5 Å². The van der Waals surface area contributed by atoms with Crippen LogP contribution in [0.1, 0.15) is 5.56 Å². The highest BCUT2D eigenvalue weighted by Gasteiger charge is 2.13. The molecule has 0 saturated heterocycles. The third-order valence-corrected chi connectivity index (χ3v) is 4.06. The van der Waals surface area contributed by atoms with Crippen molar-refractivity contribution in [1.82, 2.24) is 19.7 Å². The van der Waals surface area contributed by atoms with Crippen LogP contribution < -0.4 is 11.2 Å². The van der Waals surface area contributed by atoms with Gasteiger partial charge in [0, 0.05) is 11.6 Å². The first-order valence-corrected chi connectivity index (χ1v) is 7.85. The summed E-state index contributed by atoms with van der Waals surface area (Å²) < 4.78 is 41.2. The van der Waals surface area contributed by atoms with Crippen molar-refractivity contribution in [3.05, 3.63) is 86.3 Å². The van der Waals surface area contributed by atoms with E-state index in [9.17, 15) is 22.8 Å². The van der Waals surface area contributed by atoms with Gasteiger partial charge < -0.3 is 9.97 Å². The minimum Gasteiger partial charge on any atom is -0.306 e. The van der Waals surface area contributed by atoms with Crippen molar-refractivity contribution >= 4 is 11.0 Å². The lowest BCUT2D eigenvalue weighted by molar-refractivity contribution is 0.447. The zero-order chi connectivity index (χ0) is 19.1. The maximum absolute atomic E-state index is 13.5. The average Bonchev–Trinajstić information content (AvgIpc) is 3.00. The van der Waals surface area contributed by atoms with E-state index in [2.05, 4.69) is 15.1 Å². The van der Waals surface area contributed by atoms with Crippen molar-refractivity contribution in [3.63, 3.8) is 0 Å². The third-order valence-electron chi connectivity index (χ3n) is 4.06. The number of aromatic nitrogens is 4. The first-order valence-electron chi connectivity index (χ1n) is 7.85. The van der Waals surface area contributed by atoms with Crippen molar-refractivity contribution in [2.24, 2.45) is 0 Å². The van der Waals surface area contributed by atoms with E-state index in [0.29, 0.717) is 16.6 Å². The Hall–Kier alpha value is -3.62. The molecule has 2 aromatic heterocycles. The molecule has 4 rings (SSSR count). The van der Waals surface area contributed by atoms with Crippen LogP contribution in [0.3, 0.4) is 0 Å². The topological polar surface area (TPSA) is 83.5 Å². The van der Waals surface area contributed by atoms with Crippen LogP contribution in [0.25, 0.3) is 22.3 Å². The molecule has 0 aliphatic rings. The molecule has 6 nitrogen and oxygen atoms in total. The molecule has 0 saturated carbocycles. The molecule has 0 bridgehead atoms. The van der Waals surface area contributed by atoms with E-state index in [0.717, 1.165) is 16.8 Å². The summed E-state index contributed by atoms with van der Waals surface area (Å²) in [6, 6.07) is 9.21. The highest BCUT2D eigenvalue weighted by molar-refractivity contribution is 5.75. The average molecular weight is 372 g/mol. The van der Waals surface area contributed by atoms with Crippen molar-refractivity contribution in [2.75, 3.05) is 0 Å². The number of imidazole rings is 1. The predicted molar refractivity (Wildman–Crippen MR) is 91.8 cm³/mol. The molecule has 0 spiro atoms. The van der Waals surface area contributed by atoms with Crippen molar-refractivity contribution in [1.29, 1.82) is 0 Å². The van der Waals surface area contributed by atoms with Gasteiger partial charge >= 0.3 is 5.69 Å². The minimum atomic E-state index is -1.57. The lowest BCUT2D eigenvalue weighted by atomic mass is 10.1. The van der Waals surface area contributed by atoms with Gasteiger partial charge in [0.15, 0.2) is 17.5 Å². The molecule has 0 fully saturated rings. The van der Waals surface area contributed by atoms with Gasteiger partial charge in [-0.25, -0.2) is 22.6 Å². The molecule has 2 aromatic carbocycles. The third kappa shape index (κ3) is 3.14. The summed E-state index contributed by atoms with van der Waals surface area (Å²) in [5.41, 5.74) is 1.22. The number of H-pyrrole nitrogens is 2. The molecule has 0 amide bonds. The van der Waals surface area contributed by atoms with Gasteiger partial charge in [-0.05, 0) is 35.9 Å². The lowest BCUT2D eigenvalue weighted by Gasteiger charge is -2.08. The van der Waals surface area contributed by atoms with Crippen molar-refractivity contribution in [3.8, 4) is 11.3 Å². The molecule has 0 aliphatic carbocycles. The molecule has 136 valence electrons. The van der Waals surface area contributed by atoms with E-state index >= 15 is 0 Å². The Kier molecular flexibility index (Phi) is 3.91. The van der Waals surface area contributed by atoms with Crippen LogP contribution in [0.4, 0.5) is 13.2 Å². The zero-order valence-electron chi connectivity index (χ0n) is 13.6. The lowest BCUT2D eigenvalue weighted by Crippen LogP contribution is -2.22. The summed E-state index contributed by atoms with van der Waals surface area (Å²) >= 11 is 0. The second-order valence-corrected chi connectivity index (χ2v) is 5.93. The fourth-order valence-electron chi connectivity index (χ4n) is 2.77. The highest BCUT2D eigenvalue weighted by atomic mass is 19.2. The van der Waals surface area contributed by atoms with Gasteiger partial charge in [-0.2, -0.15) is 5.10 Å². The predicted octanol–water partition coefficient (Wildman–Crippen LogP) is 2.55. The molecule has 0 atom stereocenters. The SMILES string of the molecule is O=c1[nH]c2ccc(Cn3nc(-c4cc(F)c(F)c(F)c4)ccc3=O)cc2[nH]1. The molecule has 27 heavy (non-hydrogen) atoms. The maximum Gasteiger partial charge on any atom is 0.323 e. The molecule has 9 heteroatoms. The standard InChI is InChI=1S/C18H11F3N4O2/c19-11-6-10(7-12(20)17(11)21)13-3-4-16(26)25(24-13)8-9-1-2-14-15(5-9)23-18(27)22-14/h1-7H,8H2,(H2,22,23,27). The number of benzene rings is 2. The van der Waals surface area contributed by atoms with Gasteiger partial charge in [0.1, 0.15) is 0 Å². The minimum absolute atomic E-state index is 0.00515. The number of halogens is 3. The van der Waals surface area contributed by atoms with Crippen LogP contribution in [-0.2, 0) is 6.54 Å². The van der Waals surface area contributed by atoms with E-state index in [1.165, 1.54) is 12.1 Å². The summed E-state index contributed by atoms with van der Waals surface area (Å²) in [4.78, 5) is 28.6. The van der Waals surface area contributed by atoms with Gasteiger partial charge in [0.2, 0.25) is 0 Å². The molecule has 4 aromatic rings. The highest BCUT2D eigenvalue weighted by Crippen LogP contribution is 2.21. The second kappa shape index (κ2) is 6.27. The Morgan fingerprint density at radius 2 is 1.59 bits per heavy atom. The second-order valence-electron chi connectivity index (χ2n) is 5.93. The Balaban J connectivity index is 1.73. The first-order chi connectivity index (χ1) is 12.9. The summed E-state index contributed by atoms with van der Waals surface area (Å²) in [5, 5.41) is 4.10. The summed E-state index contributed by atoms with van der Waals surface area (Å²) in [6.07, 6.45) is 0. The van der Waals surface area contributed by atoms with Crippen molar-refractivity contribution < 1.29 is 13.2 Å². The Morgan fingerprint density at radius 1 is 0.889 bits per heavy atom. The van der Waals surface area contributed by atoms with Crippen LogP contribution in [0.2, 0.25) is 0 Å². The van der Waals surface area contributed by atoms with E-state index < -0.39 is 23.0 Å². The number of rotatable bonds is 3. The monoisotopic (exact) mass is 372 g/mol. The molecule has 2 heterocycles. The Bertz CT molecular complexity index is 1270. The van der Waals surface area contributed by atoms with Gasteiger partial charge in [-0.15, -0.1) is 0 Å². The van der Waals surface area contributed by atoms with Crippen LogP contribution >= 0.6 is 0 Å². The molecule has 2 N–H and O–H groups in total. The van der Waals surface area contributed by atoms with Crippen LogP contribution in [0.5, 0.6) is 0 Å². The summed E-state index contributed by atoms with van der Waals surface area (Å²) in [6.45, 7) is 0.0714. The zero-order valence-corrected chi connectivity index (χ0v) is 13.6. The molecule has 0 unspecified atom stereocenters. The number of fused-ring (bicyclic) bond motifs is 1. The van der Waals surface area contributed by atoms with E-state index in [1.807, 2.05) is 0 Å². The fraction of sp³-hybridized carbons (Fsp3) is 0.0556. The van der Waals surface area contributed by atoms with Gasteiger partial charge in [-0.1, -0.05) is 6.07 Å². The van der Waals surface area contributed by atoms with E-state index in [4.69, 9.17) is 0 Å². The van der Waals surface area contributed by atoms with Crippen molar-refractivity contribution in [2.45, 2.75) is 6.54 Å². The molecular formula is C18H11F3N4O2. The smallest absolute Gasteiger partial charge is 0.306 e. The fourth-order valence-corrected chi connectivity index (χ4v) is 2.77. The number of nitrogens with one attached hydrogen (secondary N) is 2. The Morgan fingerprint density at radius 3 is 2.33 bits per heavy atom. The number of nitrogens with zero attached hydrogens (tertiary/aromatic N) is 2. The van der Waals surface area contributed by atoms with Crippen LogP contribution in [0.15, 0.2) is 52.1 Å². The van der Waals surface area contributed by atoms with Gasteiger partial charge in [0.25, 0.3) is 5.56 Å². The molecule has 0 radical (unpaired) electrons. The Labute approximate surface area is 148 Å². The summed E-state index contributed by atoms with van der Waals surface area (Å²) in [5.74, 6) is -4.25. The molecular weight excluding hydrogens is 361 g/mol.